The Kier molecular flexibility index (Phi) is 11.0. The lowest BCUT2D eigenvalue weighted by Crippen LogP contribution is -2.61. The number of benzene rings is 2. The van der Waals surface area contributed by atoms with Crippen molar-refractivity contribution in [2.24, 2.45) is 0 Å². The van der Waals surface area contributed by atoms with Gasteiger partial charge in [0.2, 0.25) is 0 Å². The van der Waals surface area contributed by atoms with E-state index in [9.17, 15) is 55.9 Å². The highest BCUT2D eigenvalue weighted by molar-refractivity contribution is 5.87. The lowest BCUT2D eigenvalue weighted by molar-refractivity contribution is -0.323. The van der Waals surface area contributed by atoms with Gasteiger partial charge in [-0.3, -0.25) is 0 Å². The number of esters is 1. The van der Waals surface area contributed by atoms with Crippen molar-refractivity contribution in [3.8, 4) is 23.0 Å². The molecule has 0 aliphatic carbocycles. The van der Waals surface area contributed by atoms with E-state index in [0.29, 0.717) is 5.56 Å². The molecular formula is C28H34O16. The Bertz CT molecular complexity index is 1300. The minimum absolute atomic E-state index is 0.149. The zero-order chi connectivity index (χ0) is 32.1. The Morgan fingerprint density at radius 2 is 1.50 bits per heavy atom. The molecule has 2 aliphatic rings. The second kappa shape index (κ2) is 14.5. The Morgan fingerprint density at radius 1 is 0.841 bits per heavy atom. The SMILES string of the molecule is O=C(/C=C/c1ccc(O)c(O)c1)O[C@H]1[C@H](O)[C@@H](O)[C@H](OC[C@H](O)c2ccc(O)c(O)c2)O[C@@H]1CO[C@@H]1OC[C@@H](O)[C@H](O)[C@H]1O. The molecule has 2 heterocycles. The Morgan fingerprint density at radius 3 is 2.18 bits per heavy atom. The van der Waals surface area contributed by atoms with Crippen LogP contribution < -0.4 is 0 Å². The molecule has 0 spiro atoms. The fourth-order valence-corrected chi connectivity index (χ4v) is 4.45. The van der Waals surface area contributed by atoms with E-state index in [1.165, 1.54) is 30.3 Å². The number of ether oxygens (including phenoxy) is 5. The van der Waals surface area contributed by atoms with Gasteiger partial charge in [-0.2, -0.15) is 0 Å². The number of carbonyl (C=O) groups is 1. The van der Waals surface area contributed by atoms with E-state index in [1.54, 1.807) is 0 Å². The molecule has 0 unspecified atom stereocenters. The predicted molar refractivity (Wildman–Crippen MR) is 144 cm³/mol. The van der Waals surface area contributed by atoms with Gasteiger partial charge in [-0.25, -0.2) is 4.79 Å². The van der Waals surface area contributed by atoms with Crippen molar-refractivity contribution in [1.29, 1.82) is 0 Å². The zero-order valence-corrected chi connectivity index (χ0v) is 22.9. The van der Waals surface area contributed by atoms with Crippen molar-refractivity contribution in [3.63, 3.8) is 0 Å². The highest BCUT2D eigenvalue weighted by Crippen LogP contribution is 2.30. The van der Waals surface area contributed by atoms with Gasteiger partial charge in [0.05, 0.1) is 19.8 Å². The summed E-state index contributed by atoms with van der Waals surface area (Å²) < 4.78 is 27.2. The van der Waals surface area contributed by atoms with Crippen molar-refractivity contribution in [3.05, 3.63) is 53.6 Å². The van der Waals surface area contributed by atoms with Crippen LogP contribution in [0.5, 0.6) is 23.0 Å². The van der Waals surface area contributed by atoms with Gasteiger partial charge in [0.15, 0.2) is 41.7 Å². The van der Waals surface area contributed by atoms with E-state index in [2.05, 4.69) is 0 Å². The minimum Gasteiger partial charge on any atom is -0.504 e. The molecule has 16 heteroatoms. The van der Waals surface area contributed by atoms with Crippen LogP contribution in [0.25, 0.3) is 6.08 Å². The fourth-order valence-electron chi connectivity index (χ4n) is 4.45. The highest BCUT2D eigenvalue weighted by atomic mass is 16.7. The molecule has 0 amide bonds. The molecule has 0 radical (unpaired) electrons. The first kappa shape index (κ1) is 33.3. The van der Waals surface area contributed by atoms with E-state index >= 15 is 0 Å². The van der Waals surface area contributed by atoms with Crippen molar-refractivity contribution in [1.82, 2.24) is 0 Å². The molecule has 2 saturated heterocycles. The van der Waals surface area contributed by atoms with Crippen molar-refractivity contribution in [2.45, 2.75) is 61.4 Å². The standard InChI is InChI=1S/C28H34O16/c29-14-4-1-12(7-16(14)31)2-6-21(35)44-26-20(11-42-27-24(38)22(36)19(34)10-40-27)43-28(25(39)23(26)37)41-9-18(33)13-3-5-15(30)17(32)8-13/h1-8,18-20,22-34,36-39H,9-11H2/b6-2+/t18-,19+,20+,22-,23+,24+,25+,26+,27-,28+/m0/s1. The molecule has 2 aromatic carbocycles. The van der Waals surface area contributed by atoms with Gasteiger partial charge in [0, 0.05) is 6.08 Å². The lowest BCUT2D eigenvalue weighted by Gasteiger charge is -2.42. The highest BCUT2D eigenvalue weighted by Gasteiger charge is 2.48. The van der Waals surface area contributed by atoms with Crippen LogP contribution in [0.3, 0.4) is 0 Å². The summed E-state index contributed by atoms with van der Waals surface area (Å²) in [6.45, 7) is -1.45. The predicted octanol–water partition coefficient (Wildman–Crippen LogP) is -1.91. The minimum atomic E-state index is -1.84. The quantitative estimate of drug-likeness (QED) is 0.0783. The number of rotatable bonds is 10. The summed E-state index contributed by atoms with van der Waals surface area (Å²) in [5.41, 5.74) is 0.464. The summed E-state index contributed by atoms with van der Waals surface area (Å²) in [5, 5.41) is 100. The molecule has 2 aliphatic heterocycles. The van der Waals surface area contributed by atoms with Crippen LogP contribution in [0, 0.1) is 0 Å². The third-order valence-electron chi connectivity index (χ3n) is 6.99. The zero-order valence-electron chi connectivity index (χ0n) is 22.9. The molecule has 0 saturated carbocycles. The first-order valence-electron chi connectivity index (χ1n) is 13.4. The molecule has 10 N–H and O–H groups in total. The maximum absolute atomic E-state index is 12.6. The van der Waals surface area contributed by atoms with Crippen molar-refractivity contribution in [2.75, 3.05) is 19.8 Å². The summed E-state index contributed by atoms with van der Waals surface area (Å²) in [4.78, 5) is 12.6. The molecule has 2 fully saturated rings. The maximum Gasteiger partial charge on any atom is 0.331 e. The fraction of sp³-hybridized carbons (Fsp3) is 0.464. The molecule has 10 atom stereocenters. The van der Waals surface area contributed by atoms with Gasteiger partial charge in [0.1, 0.15) is 42.7 Å². The molecule has 0 bridgehead atoms. The summed E-state index contributed by atoms with van der Waals surface area (Å²) >= 11 is 0. The smallest absolute Gasteiger partial charge is 0.331 e. The van der Waals surface area contributed by atoms with Gasteiger partial charge in [-0.15, -0.1) is 0 Å². The van der Waals surface area contributed by atoms with Gasteiger partial charge in [0.25, 0.3) is 0 Å². The van der Waals surface area contributed by atoms with Gasteiger partial charge in [-0.05, 0) is 41.5 Å². The maximum atomic E-state index is 12.6. The molecule has 44 heavy (non-hydrogen) atoms. The lowest BCUT2D eigenvalue weighted by atomic mass is 9.98. The second-order valence-electron chi connectivity index (χ2n) is 10.2. The third-order valence-corrected chi connectivity index (χ3v) is 6.99. The molecule has 2 aromatic rings. The van der Waals surface area contributed by atoms with Gasteiger partial charge < -0.3 is 74.7 Å². The van der Waals surface area contributed by atoms with Crippen molar-refractivity contribution < 1.29 is 79.5 Å². The van der Waals surface area contributed by atoms with Crippen LogP contribution in [0.1, 0.15) is 17.2 Å². The van der Waals surface area contributed by atoms with Crippen LogP contribution >= 0.6 is 0 Å². The summed E-state index contributed by atoms with van der Waals surface area (Å²) in [5.74, 6) is -2.72. The molecule has 0 aromatic heterocycles. The number of hydrogen-bond donors (Lipinski definition) is 10. The molecule has 16 nitrogen and oxygen atoms in total. The monoisotopic (exact) mass is 626 g/mol. The van der Waals surface area contributed by atoms with Crippen LogP contribution in [-0.4, -0.2) is 132 Å². The Balaban J connectivity index is 1.46. The van der Waals surface area contributed by atoms with Gasteiger partial charge >= 0.3 is 5.97 Å². The van der Waals surface area contributed by atoms with E-state index in [0.717, 1.165) is 18.2 Å². The first-order valence-corrected chi connectivity index (χ1v) is 13.4. The summed E-state index contributed by atoms with van der Waals surface area (Å²) in [6.07, 6.45) is -13.5. The first-order chi connectivity index (χ1) is 20.8. The Hall–Kier alpha value is -3.55. The third kappa shape index (κ3) is 7.93. The number of carbonyl (C=O) groups excluding carboxylic acids is 1. The largest absolute Gasteiger partial charge is 0.504 e. The van der Waals surface area contributed by atoms with Gasteiger partial charge in [-0.1, -0.05) is 12.1 Å². The van der Waals surface area contributed by atoms with Crippen LogP contribution in [0.4, 0.5) is 0 Å². The van der Waals surface area contributed by atoms with E-state index in [4.69, 9.17) is 23.7 Å². The Labute approximate surface area is 249 Å². The van der Waals surface area contributed by atoms with E-state index in [1.807, 2.05) is 0 Å². The normalized spacial score (nSPS) is 31.5. The number of hydrogen-bond acceptors (Lipinski definition) is 16. The molecular weight excluding hydrogens is 592 g/mol. The molecule has 242 valence electrons. The average molecular weight is 627 g/mol. The van der Waals surface area contributed by atoms with Crippen LogP contribution in [0.2, 0.25) is 0 Å². The van der Waals surface area contributed by atoms with E-state index < -0.39 is 97.8 Å². The van der Waals surface area contributed by atoms with Crippen molar-refractivity contribution >= 4 is 12.0 Å². The van der Waals surface area contributed by atoms with Crippen LogP contribution in [-0.2, 0) is 28.5 Å². The number of phenolic OH excluding ortho intramolecular Hbond substituents is 4. The number of aliphatic hydroxyl groups excluding tert-OH is 6. The summed E-state index contributed by atoms with van der Waals surface area (Å²) in [7, 11) is 0. The van der Waals surface area contributed by atoms with Crippen LogP contribution in [0.15, 0.2) is 42.5 Å². The van der Waals surface area contributed by atoms with E-state index in [-0.39, 0.29) is 17.9 Å². The number of aromatic hydroxyl groups is 4. The summed E-state index contributed by atoms with van der Waals surface area (Å²) in [6, 6.07) is 7.32. The second-order valence-corrected chi connectivity index (χ2v) is 10.2. The number of aliphatic hydroxyl groups is 6. The number of phenols is 4. The topological polar surface area (TPSA) is 266 Å². The molecule has 4 rings (SSSR count). The average Bonchev–Trinajstić information content (AvgIpc) is 2.99.